The van der Waals surface area contributed by atoms with Gasteiger partial charge in [-0.25, -0.2) is 18.1 Å². The molecule has 21 heavy (non-hydrogen) atoms. The first-order valence-corrected chi connectivity index (χ1v) is 8.27. The van der Waals surface area contributed by atoms with Crippen molar-refractivity contribution in [3.05, 3.63) is 12.5 Å². The fourth-order valence-electron chi connectivity index (χ4n) is 1.92. The van der Waals surface area contributed by atoms with E-state index in [-0.39, 0.29) is 17.0 Å². The molecule has 120 valence electrons. The molecule has 0 radical (unpaired) electrons. The number of carbonyl (C=O) groups is 1. The van der Waals surface area contributed by atoms with Crippen molar-refractivity contribution in [2.45, 2.75) is 45.7 Å². The normalized spacial score (nSPS) is 14.1. The van der Waals surface area contributed by atoms with Crippen LogP contribution in [-0.2, 0) is 21.4 Å². The van der Waals surface area contributed by atoms with E-state index in [0.29, 0.717) is 13.0 Å². The van der Waals surface area contributed by atoms with E-state index in [1.54, 1.807) is 4.57 Å². The molecule has 0 saturated carbocycles. The molecule has 0 amide bonds. The van der Waals surface area contributed by atoms with Gasteiger partial charge in [0.05, 0.1) is 12.2 Å². The number of nitrogens with zero attached hydrogens (tertiary/aromatic N) is 2. The molecule has 1 atom stereocenters. The summed E-state index contributed by atoms with van der Waals surface area (Å²) in [5.74, 6) is -1.78. The first-order chi connectivity index (χ1) is 9.55. The smallest absolute Gasteiger partial charge is 0.307 e. The highest BCUT2D eigenvalue weighted by Crippen LogP contribution is 2.24. The highest BCUT2D eigenvalue weighted by atomic mass is 32.2. The average molecular weight is 317 g/mol. The zero-order valence-corrected chi connectivity index (χ0v) is 13.6. The second-order valence-electron chi connectivity index (χ2n) is 6.19. The lowest BCUT2D eigenvalue weighted by atomic mass is 9.85. The van der Waals surface area contributed by atoms with E-state index in [0.717, 1.165) is 0 Å². The lowest BCUT2D eigenvalue weighted by Crippen LogP contribution is -2.35. The van der Waals surface area contributed by atoms with Crippen LogP contribution in [-0.4, -0.2) is 35.6 Å². The predicted molar refractivity (Wildman–Crippen MR) is 78.3 cm³/mol. The molecule has 0 aliphatic rings. The van der Waals surface area contributed by atoms with Crippen LogP contribution in [0.5, 0.6) is 0 Å². The van der Waals surface area contributed by atoms with Crippen LogP contribution in [0.3, 0.4) is 0 Å². The van der Waals surface area contributed by atoms with Crippen molar-refractivity contribution in [1.29, 1.82) is 0 Å². The van der Waals surface area contributed by atoms with Crippen LogP contribution < -0.4 is 4.72 Å². The zero-order valence-electron chi connectivity index (χ0n) is 12.8. The van der Waals surface area contributed by atoms with Gasteiger partial charge in [-0.15, -0.1) is 0 Å². The summed E-state index contributed by atoms with van der Waals surface area (Å²) in [5.41, 5.74) is -0.196. The second-order valence-corrected chi connectivity index (χ2v) is 7.91. The maximum absolute atomic E-state index is 12.1. The number of carboxylic acids is 1. The van der Waals surface area contributed by atoms with E-state index < -0.39 is 21.9 Å². The number of carboxylic acid groups (broad SMARTS) is 1. The fourth-order valence-corrected chi connectivity index (χ4v) is 2.95. The number of aryl methyl sites for hydroxylation is 1. The minimum Gasteiger partial charge on any atom is -0.481 e. The largest absolute Gasteiger partial charge is 0.481 e. The molecular weight excluding hydrogens is 294 g/mol. The second kappa shape index (κ2) is 6.57. The molecule has 0 bridgehead atoms. The molecule has 2 N–H and O–H groups in total. The minimum absolute atomic E-state index is 0.0933. The minimum atomic E-state index is -3.78. The molecule has 0 spiro atoms. The third kappa shape index (κ3) is 5.47. The Kier molecular flexibility index (Phi) is 5.52. The van der Waals surface area contributed by atoms with Crippen molar-refractivity contribution in [1.82, 2.24) is 14.3 Å². The van der Waals surface area contributed by atoms with E-state index in [9.17, 15) is 18.3 Å². The van der Waals surface area contributed by atoms with Crippen molar-refractivity contribution >= 4 is 16.0 Å². The summed E-state index contributed by atoms with van der Waals surface area (Å²) < 4.78 is 28.1. The Balaban J connectivity index is 2.76. The first-order valence-electron chi connectivity index (χ1n) is 6.79. The van der Waals surface area contributed by atoms with Crippen LogP contribution in [0.2, 0.25) is 0 Å². The van der Waals surface area contributed by atoms with E-state index >= 15 is 0 Å². The quantitative estimate of drug-likeness (QED) is 0.789. The number of hydrogen-bond donors (Lipinski definition) is 2. The maximum Gasteiger partial charge on any atom is 0.307 e. The summed E-state index contributed by atoms with van der Waals surface area (Å²) in [6.45, 7) is 8.09. The number of hydrogen-bond acceptors (Lipinski definition) is 4. The van der Waals surface area contributed by atoms with Crippen molar-refractivity contribution in [3.63, 3.8) is 0 Å². The number of aliphatic carboxylic acids is 1. The highest BCUT2D eigenvalue weighted by Gasteiger charge is 2.27. The number of nitrogens with one attached hydrogen (secondary N) is 1. The van der Waals surface area contributed by atoms with Gasteiger partial charge in [0, 0.05) is 19.3 Å². The molecular formula is C13H23N3O4S. The Bertz CT molecular complexity index is 587. The molecule has 1 aromatic rings. The zero-order chi connectivity index (χ0) is 16.3. The molecule has 1 aromatic heterocycles. The molecule has 1 heterocycles. The van der Waals surface area contributed by atoms with Gasteiger partial charge in [-0.05, 0) is 18.8 Å². The van der Waals surface area contributed by atoms with Gasteiger partial charge in [0.1, 0.15) is 0 Å². The molecule has 1 unspecified atom stereocenters. The third-order valence-corrected chi connectivity index (χ3v) is 4.29. The molecule has 7 nitrogen and oxygen atoms in total. The summed E-state index contributed by atoms with van der Waals surface area (Å²) in [6, 6.07) is 0. The van der Waals surface area contributed by atoms with E-state index in [4.69, 9.17) is 0 Å². The lowest BCUT2D eigenvalue weighted by Gasteiger charge is -2.23. The fraction of sp³-hybridized carbons (Fsp3) is 0.692. The lowest BCUT2D eigenvalue weighted by molar-refractivity contribution is -0.142. The van der Waals surface area contributed by atoms with Crippen LogP contribution in [0.4, 0.5) is 0 Å². The van der Waals surface area contributed by atoms with E-state index in [2.05, 4.69) is 9.71 Å². The number of aromatic nitrogens is 2. The summed E-state index contributed by atoms with van der Waals surface area (Å²) in [6.07, 6.45) is 3.23. The molecule has 0 saturated heterocycles. The standard InChI is InChI=1S/C13H23N3O4S/c1-5-16-8-11(14-9-16)21(19,20)15-7-10(12(17)18)6-13(2,3)4/h8-10,15H,5-7H2,1-4H3,(H,17,18). The van der Waals surface area contributed by atoms with Crippen LogP contribution in [0.25, 0.3) is 0 Å². The Morgan fingerprint density at radius 2 is 2.10 bits per heavy atom. The Hall–Kier alpha value is -1.41. The molecule has 0 aromatic carbocycles. The Morgan fingerprint density at radius 3 is 2.52 bits per heavy atom. The van der Waals surface area contributed by atoms with Crippen molar-refractivity contribution in [3.8, 4) is 0 Å². The summed E-state index contributed by atoms with van der Waals surface area (Å²) >= 11 is 0. The average Bonchev–Trinajstić information content (AvgIpc) is 2.82. The SMILES string of the molecule is CCn1cnc(S(=O)(=O)NCC(CC(C)(C)C)C(=O)O)c1. The monoisotopic (exact) mass is 317 g/mol. The van der Waals surface area contributed by atoms with E-state index in [1.165, 1.54) is 12.5 Å². The molecule has 0 fully saturated rings. The maximum atomic E-state index is 12.1. The Labute approximate surface area is 125 Å². The molecule has 1 rings (SSSR count). The van der Waals surface area contributed by atoms with Crippen LogP contribution in [0.15, 0.2) is 17.6 Å². The van der Waals surface area contributed by atoms with Gasteiger partial charge in [0.25, 0.3) is 10.0 Å². The van der Waals surface area contributed by atoms with Crippen LogP contribution >= 0.6 is 0 Å². The van der Waals surface area contributed by atoms with Gasteiger partial charge in [0.15, 0.2) is 5.03 Å². The summed E-state index contributed by atoms with van der Waals surface area (Å²) in [4.78, 5) is 15.0. The van der Waals surface area contributed by atoms with Crippen molar-refractivity contribution < 1.29 is 18.3 Å². The number of rotatable bonds is 7. The molecule has 0 aliphatic carbocycles. The van der Waals surface area contributed by atoms with Gasteiger partial charge in [0.2, 0.25) is 0 Å². The van der Waals surface area contributed by atoms with Crippen molar-refractivity contribution in [2.24, 2.45) is 11.3 Å². The van der Waals surface area contributed by atoms with Crippen LogP contribution in [0, 0.1) is 11.3 Å². The highest BCUT2D eigenvalue weighted by molar-refractivity contribution is 7.89. The summed E-state index contributed by atoms with van der Waals surface area (Å²) in [7, 11) is -3.78. The van der Waals surface area contributed by atoms with Gasteiger partial charge >= 0.3 is 5.97 Å². The van der Waals surface area contributed by atoms with Gasteiger partial charge in [-0.2, -0.15) is 0 Å². The summed E-state index contributed by atoms with van der Waals surface area (Å²) in [5, 5.41) is 9.10. The number of sulfonamides is 1. The number of imidazole rings is 1. The molecule has 0 aliphatic heterocycles. The van der Waals surface area contributed by atoms with Gasteiger partial charge in [-0.3, -0.25) is 4.79 Å². The molecule has 8 heteroatoms. The topological polar surface area (TPSA) is 101 Å². The van der Waals surface area contributed by atoms with Gasteiger partial charge < -0.3 is 9.67 Å². The Morgan fingerprint density at radius 1 is 1.48 bits per heavy atom. The first kappa shape index (κ1) is 17.6. The van der Waals surface area contributed by atoms with Crippen LogP contribution in [0.1, 0.15) is 34.1 Å². The van der Waals surface area contributed by atoms with E-state index in [1.807, 2.05) is 27.7 Å². The van der Waals surface area contributed by atoms with Gasteiger partial charge in [-0.1, -0.05) is 20.8 Å². The third-order valence-electron chi connectivity index (χ3n) is 2.98. The van der Waals surface area contributed by atoms with Crippen molar-refractivity contribution in [2.75, 3.05) is 6.54 Å². The predicted octanol–water partition coefficient (Wildman–Crippen LogP) is 1.32.